The van der Waals surface area contributed by atoms with Crippen LogP contribution in [0.4, 0.5) is 0 Å². The van der Waals surface area contributed by atoms with Crippen LogP contribution in [0.2, 0.25) is 0 Å². The number of ether oxygens (including phenoxy) is 1. The number of aliphatic hydroxyl groups is 1. The molecular weight excluding hydrogens is 310 g/mol. The van der Waals surface area contributed by atoms with Crippen LogP contribution in [-0.4, -0.2) is 41.7 Å². The van der Waals surface area contributed by atoms with E-state index in [2.05, 4.69) is 15.9 Å². The van der Waals surface area contributed by atoms with Crippen molar-refractivity contribution in [2.24, 2.45) is 5.92 Å². The molecule has 1 saturated heterocycles. The van der Waals surface area contributed by atoms with Gasteiger partial charge in [-0.15, -0.1) is 0 Å². The highest BCUT2D eigenvalue weighted by Crippen LogP contribution is 2.24. The molecule has 0 spiro atoms. The number of rotatable bonds is 3. The molecule has 1 aromatic rings. The molecule has 1 fully saturated rings. The van der Waals surface area contributed by atoms with Gasteiger partial charge >= 0.3 is 0 Å². The Labute approximate surface area is 121 Å². The zero-order valence-corrected chi connectivity index (χ0v) is 12.5. The topological polar surface area (TPSA) is 49.8 Å². The average molecular weight is 328 g/mol. The van der Waals surface area contributed by atoms with Crippen molar-refractivity contribution < 1.29 is 14.6 Å². The van der Waals surface area contributed by atoms with Crippen molar-refractivity contribution in [2.45, 2.75) is 19.4 Å². The predicted octanol–water partition coefficient (Wildman–Crippen LogP) is 2.06. The summed E-state index contributed by atoms with van der Waals surface area (Å²) in [4.78, 5) is 13.7. The number of β-amino-alcohol motifs (C(OH)–C–C–N with tert-alkyl or cyclic N) is 1. The zero-order chi connectivity index (χ0) is 13.8. The van der Waals surface area contributed by atoms with Gasteiger partial charge in [0.25, 0.3) is 5.91 Å². The lowest BCUT2D eigenvalue weighted by molar-refractivity contribution is -0.137. The number of benzene rings is 1. The molecule has 1 aliphatic rings. The van der Waals surface area contributed by atoms with E-state index in [1.807, 2.05) is 31.2 Å². The Morgan fingerprint density at radius 3 is 2.95 bits per heavy atom. The maximum absolute atomic E-state index is 12.0. The Balaban J connectivity index is 1.87. The zero-order valence-electron chi connectivity index (χ0n) is 10.9. The largest absolute Gasteiger partial charge is 0.483 e. The minimum atomic E-state index is -0.429. The van der Waals surface area contributed by atoms with Gasteiger partial charge in [-0.3, -0.25) is 4.79 Å². The molecule has 0 aliphatic carbocycles. The van der Waals surface area contributed by atoms with Crippen LogP contribution in [0.15, 0.2) is 28.7 Å². The fraction of sp³-hybridized carbons (Fsp3) is 0.500. The van der Waals surface area contributed by atoms with E-state index in [-0.39, 0.29) is 18.4 Å². The Bertz CT molecular complexity index is 452. The number of para-hydroxylation sites is 1. The summed E-state index contributed by atoms with van der Waals surface area (Å²) < 4.78 is 6.32. The molecule has 1 aromatic carbocycles. The van der Waals surface area contributed by atoms with Gasteiger partial charge in [0.2, 0.25) is 0 Å². The van der Waals surface area contributed by atoms with Gasteiger partial charge in [0, 0.05) is 13.1 Å². The number of carbonyl (C=O) groups excluding carboxylic acids is 1. The standard InChI is InChI=1S/C14H18BrNO3/c1-10-6-7-16(8-12(10)17)14(18)9-19-13-5-3-2-4-11(13)15/h2-5,10,12,17H,6-9H2,1H3. The number of aliphatic hydroxyl groups excluding tert-OH is 1. The molecule has 1 amide bonds. The summed E-state index contributed by atoms with van der Waals surface area (Å²) in [5, 5.41) is 9.78. The van der Waals surface area contributed by atoms with Crippen LogP contribution >= 0.6 is 15.9 Å². The van der Waals surface area contributed by atoms with E-state index in [4.69, 9.17) is 4.74 Å². The third-order valence-corrected chi connectivity index (χ3v) is 4.11. The third-order valence-electron chi connectivity index (χ3n) is 3.46. The van der Waals surface area contributed by atoms with Crippen LogP contribution in [-0.2, 0) is 4.79 Å². The molecule has 19 heavy (non-hydrogen) atoms. The molecule has 2 unspecified atom stereocenters. The van der Waals surface area contributed by atoms with Crippen molar-refractivity contribution in [3.05, 3.63) is 28.7 Å². The molecular formula is C14H18BrNO3. The first-order valence-corrected chi connectivity index (χ1v) is 7.20. The molecule has 4 nitrogen and oxygen atoms in total. The van der Waals surface area contributed by atoms with E-state index in [1.165, 1.54) is 0 Å². The van der Waals surface area contributed by atoms with Gasteiger partial charge in [-0.1, -0.05) is 19.1 Å². The summed E-state index contributed by atoms with van der Waals surface area (Å²) in [5.41, 5.74) is 0. The van der Waals surface area contributed by atoms with Crippen molar-refractivity contribution in [2.75, 3.05) is 19.7 Å². The molecule has 0 bridgehead atoms. The van der Waals surface area contributed by atoms with Crippen LogP contribution in [0, 0.1) is 5.92 Å². The summed E-state index contributed by atoms with van der Waals surface area (Å²) in [6, 6.07) is 7.43. The van der Waals surface area contributed by atoms with Crippen molar-refractivity contribution in [1.29, 1.82) is 0 Å². The molecule has 2 atom stereocenters. The molecule has 2 rings (SSSR count). The lowest BCUT2D eigenvalue weighted by atomic mass is 9.96. The molecule has 104 valence electrons. The second-order valence-electron chi connectivity index (χ2n) is 4.89. The molecule has 0 aromatic heterocycles. The number of hydrogen-bond acceptors (Lipinski definition) is 3. The Kier molecular flexibility index (Phi) is 4.82. The minimum Gasteiger partial charge on any atom is -0.483 e. The first-order valence-electron chi connectivity index (χ1n) is 6.41. The maximum Gasteiger partial charge on any atom is 0.260 e. The number of amides is 1. The van der Waals surface area contributed by atoms with Gasteiger partial charge in [0.15, 0.2) is 6.61 Å². The normalized spacial score (nSPS) is 23.2. The summed E-state index contributed by atoms with van der Waals surface area (Å²) in [5.74, 6) is 0.830. The number of carbonyl (C=O) groups is 1. The first-order chi connectivity index (χ1) is 9.08. The average Bonchev–Trinajstić information content (AvgIpc) is 2.40. The number of likely N-dealkylation sites (tertiary alicyclic amines) is 1. The Morgan fingerprint density at radius 2 is 2.26 bits per heavy atom. The lowest BCUT2D eigenvalue weighted by Gasteiger charge is -2.34. The molecule has 1 aliphatic heterocycles. The van der Waals surface area contributed by atoms with Crippen LogP contribution in [0.5, 0.6) is 5.75 Å². The van der Waals surface area contributed by atoms with Crippen LogP contribution in [0.25, 0.3) is 0 Å². The molecule has 1 heterocycles. The van der Waals surface area contributed by atoms with Crippen LogP contribution in [0.1, 0.15) is 13.3 Å². The molecule has 0 radical (unpaired) electrons. The van der Waals surface area contributed by atoms with Crippen molar-refractivity contribution in [1.82, 2.24) is 4.90 Å². The number of hydrogen-bond donors (Lipinski definition) is 1. The fourth-order valence-electron chi connectivity index (χ4n) is 2.07. The van der Waals surface area contributed by atoms with Gasteiger partial charge in [-0.05, 0) is 40.4 Å². The van der Waals surface area contributed by atoms with E-state index < -0.39 is 6.10 Å². The highest BCUT2D eigenvalue weighted by molar-refractivity contribution is 9.10. The second kappa shape index (κ2) is 6.39. The summed E-state index contributed by atoms with van der Waals surface area (Å²) in [7, 11) is 0. The number of nitrogens with zero attached hydrogens (tertiary/aromatic N) is 1. The summed E-state index contributed by atoms with van der Waals surface area (Å²) in [6.07, 6.45) is 0.406. The quantitative estimate of drug-likeness (QED) is 0.924. The van der Waals surface area contributed by atoms with E-state index in [1.54, 1.807) is 4.90 Å². The lowest BCUT2D eigenvalue weighted by Crippen LogP contribution is -2.47. The Hall–Kier alpha value is -1.07. The Morgan fingerprint density at radius 1 is 1.53 bits per heavy atom. The van der Waals surface area contributed by atoms with Crippen molar-refractivity contribution >= 4 is 21.8 Å². The highest BCUT2D eigenvalue weighted by atomic mass is 79.9. The summed E-state index contributed by atoms with van der Waals surface area (Å²) >= 11 is 3.37. The van der Waals surface area contributed by atoms with E-state index >= 15 is 0 Å². The van der Waals surface area contributed by atoms with E-state index in [0.717, 1.165) is 10.9 Å². The van der Waals surface area contributed by atoms with Crippen LogP contribution < -0.4 is 4.74 Å². The van der Waals surface area contributed by atoms with E-state index in [0.29, 0.717) is 18.8 Å². The van der Waals surface area contributed by atoms with Gasteiger partial charge in [-0.25, -0.2) is 0 Å². The molecule has 5 heteroatoms. The van der Waals surface area contributed by atoms with Crippen LogP contribution in [0.3, 0.4) is 0 Å². The molecule has 1 N–H and O–H groups in total. The SMILES string of the molecule is CC1CCN(C(=O)COc2ccccc2Br)CC1O. The van der Waals surface area contributed by atoms with Gasteiger partial charge in [0.1, 0.15) is 5.75 Å². The number of piperidine rings is 1. The summed E-state index contributed by atoms with van der Waals surface area (Å²) in [6.45, 7) is 3.10. The maximum atomic E-state index is 12.0. The van der Waals surface area contributed by atoms with Gasteiger partial charge < -0.3 is 14.7 Å². The predicted molar refractivity (Wildman–Crippen MR) is 76.0 cm³/mol. The second-order valence-corrected chi connectivity index (χ2v) is 5.75. The number of halogens is 1. The smallest absolute Gasteiger partial charge is 0.260 e. The first kappa shape index (κ1) is 14.3. The van der Waals surface area contributed by atoms with Crippen molar-refractivity contribution in [3.63, 3.8) is 0 Å². The van der Waals surface area contributed by atoms with Crippen molar-refractivity contribution in [3.8, 4) is 5.75 Å². The molecule has 0 saturated carbocycles. The monoisotopic (exact) mass is 327 g/mol. The fourth-order valence-corrected chi connectivity index (χ4v) is 2.47. The highest BCUT2D eigenvalue weighted by Gasteiger charge is 2.27. The third kappa shape index (κ3) is 3.70. The van der Waals surface area contributed by atoms with Gasteiger partial charge in [-0.2, -0.15) is 0 Å². The van der Waals surface area contributed by atoms with E-state index in [9.17, 15) is 9.90 Å². The van der Waals surface area contributed by atoms with Gasteiger partial charge in [0.05, 0.1) is 10.6 Å². The minimum absolute atomic E-state index is 0.00368.